The van der Waals surface area contributed by atoms with Gasteiger partial charge in [-0.15, -0.1) is 11.8 Å². The number of carbonyl (C=O) groups excluding carboxylic acids is 1. The van der Waals surface area contributed by atoms with E-state index in [1.54, 1.807) is 11.8 Å². The Kier molecular flexibility index (Phi) is 6.48. The molecule has 0 saturated heterocycles. The van der Waals surface area contributed by atoms with Gasteiger partial charge in [-0.2, -0.15) is 0 Å². The van der Waals surface area contributed by atoms with Gasteiger partial charge in [0.1, 0.15) is 0 Å². The van der Waals surface area contributed by atoms with Gasteiger partial charge in [0.2, 0.25) is 0 Å². The number of benzene rings is 1. The molecule has 0 amide bonds. The molecule has 0 heterocycles. The molecule has 0 fully saturated rings. The summed E-state index contributed by atoms with van der Waals surface area (Å²) in [5.41, 5.74) is 2.12. The summed E-state index contributed by atoms with van der Waals surface area (Å²) in [4.78, 5) is 13.5. The van der Waals surface area contributed by atoms with Gasteiger partial charge in [0, 0.05) is 16.9 Å². The first kappa shape index (κ1) is 15.3. The SMILES string of the molecule is CCCC(CC)CC(=O)c1ccc(C)c(SC)c1. The van der Waals surface area contributed by atoms with Crippen molar-refractivity contribution in [3.8, 4) is 0 Å². The van der Waals surface area contributed by atoms with E-state index in [2.05, 4.69) is 33.1 Å². The minimum absolute atomic E-state index is 0.297. The maximum atomic E-state index is 12.3. The van der Waals surface area contributed by atoms with E-state index in [-0.39, 0.29) is 0 Å². The number of aryl methyl sites for hydroxylation is 1. The monoisotopic (exact) mass is 264 g/mol. The molecule has 1 atom stereocenters. The summed E-state index contributed by atoms with van der Waals surface area (Å²) < 4.78 is 0. The maximum absolute atomic E-state index is 12.3. The fraction of sp³-hybridized carbons (Fsp3) is 0.562. The number of thioether (sulfide) groups is 1. The highest BCUT2D eigenvalue weighted by Gasteiger charge is 2.14. The summed E-state index contributed by atoms with van der Waals surface area (Å²) in [6.07, 6.45) is 6.17. The van der Waals surface area contributed by atoms with E-state index in [1.807, 2.05) is 12.1 Å². The van der Waals surface area contributed by atoms with Crippen LogP contribution >= 0.6 is 11.8 Å². The van der Waals surface area contributed by atoms with Crippen LogP contribution in [0.1, 0.15) is 55.5 Å². The van der Waals surface area contributed by atoms with E-state index in [9.17, 15) is 4.79 Å². The average molecular weight is 264 g/mol. The highest BCUT2D eigenvalue weighted by molar-refractivity contribution is 7.98. The van der Waals surface area contributed by atoms with Crippen LogP contribution in [-0.4, -0.2) is 12.0 Å². The molecular formula is C16H24OS. The van der Waals surface area contributed by atoms with Crippen molar-refractivity contribution in [2.24, 2.45) is 5.92 Å². The first-order chi connectivity index (χ1) is 8.62. The highest BCUT2D eigenvalue weighted by atomic mass is 32.2. The van der Waals surface area contributed by atoms with E-state index >= 15 is 0 Å². The lowest BCUT2D eigenvalue weighted by Gasteiger charge is -2.13. The molecule has 1 aromatic rings. The van der Waals surface area contributed by atoms with Crippen LogP contribution in [-0.2, 0) is 0 Å². The second-order valence-electron chi connectivity index (χ2n) is 4.87. The molecular weight excluding hydrogens is 240 g/mol. The van der Waals surface area contributed by atoms with Gasteiger partial charge in [-0.25, -0.2) is 0 Å². The van der Waals surface area contributed by atoms with Crippen molar-refractivity contribution in [3.05, 3.63) is 29.3 Å². The topological polar surface area (TPSA) is 17.1 Å². The third-order valence-electron chi connectivity index (χ3n) is 3.48. The third kappa shape index (κ3) is 4.16. The minimum atomic E-state index is 0.297. The van der Waals surface area contributed by atoms with Crippen molar-refractivity contribution in [3.63, 3.8) is 0 Å². The molecule has 0 saturated carbocycles. The van der Waals surface area contributed by atoms with Gasteiger partial charge in [-0.1, -0.05) is 45.2 Å². The first-order valence-electron chi connectivity index (χ1n) is 6.80. The molecule has 0 radical (unpaired) electrons. The maximum Gasteiger partial charge on any atom is 0.163 e. The van der Waals surface area contributed by atoms with Crippen LogP contribution < -0.4 is 0 Å². The number of hydrogen-bond donors (Lipinski definition) is 0. The smallest absolute Gasteiger partial charge is 0.163 e. The Hall–Kier alpha value is -0.760. The van der Waals surface area contributed by atoms with Crippen LogP contribution in [0.2, 0.25) is 0 Å². The van der Waals surface area contributed by atoms with Crippen molar-refractivity contribution < 1.29 is 4.79 Å². The van der Waals surface area contributed by atoms with Gasteiger partial charge < -0.3 is 0 Å². The molecule has 0 N–H and O–H groups in total. The molecule has 18 heavy (non-hydrogen) atoms. The summed E-state index contributed by atoms with van der Waals surface area (Å²) in [7, 11) is 0. The Balaban J connectivity index is 2.77. The summed E-state index contributed by atoms with van der Waals surface area (Å²) in [5, 5.41) is 0. The molecule has 0 aliphatic rings. The number of rotatable bonds is 7. The minimum Gasteiger partial charge on any atom is -0.294 e. The fourth-order valence-corrected chi connectivity index (χ4v) is 2.87. The molecule has 1 unspecified atom stereocenters. The third-order valence-corrected chi connectivity index (χ3v) is 4.36. The zero-order valence-electron chi connectivity index (χ0n) is 12.0. The zero-order valence-corrected chi connectivity index (χ0v) is 12.8. The highest BCUT2D eigenvalue weighted by Crippen LogP contribution is 2.24. The van der Waals surface area contributed by atoms with Crippen molar-refractivity contribution in [2.75, 3.05) is 6.26 Å². The molecule has 0 aliphatic heterocycles. The Morgan fingerprint density at radius 3 is 2.61 bits per heavy atom. The largest absolute Gasteiger partial charge is 0.294 e. The van der Waals surface area contributed by atoms with Crippen LogP contribution in [0.4, 0.5) is 0 Å². The van der Waals surface area contributed by atoms with Crippen LogP contribution in [0.5, 0.6) is 0 Å². The van der Waals surface area contributed by atoms with Gasteiger partial charge in [0.15, 0.2) is 5.78 Å². The molecule has 2 heteroatoms. The second-order valence-corrected chi connectivity index (χ2v) is 5.72. The zero-order chi connectivity index (χ0) is 13.5. The van der Waals surface area contributed by atoms with E-state index < -0.39 is 0 Å². The van der Waals surface area contributed by atoms with Crippen LogP contribution in [0.25, 0.3) is 0 Å². The van der Waals surface area contributed by atoms with Gasteiger partial charge in [-0.05, 0) is 30.7 Å². The van der Waals surface area contributed by atoms with Gasteiger partial charge in [0.25, 0.3) is 0 Å². The Morgan fingerprint density at radius 1 is 1.33 bits per heavy atom. The quantitative estimate of drug-likeness (QED) is 0.502. The normalized spacial score (nSPS) is 12.4. The van der Waals surface area contributed by atoms with E-state index in [4.69, 9.17) is 0 Å². The van der Waals surface area contributed by atoms with Gasteiger partial charge in [0.05, 0.1) is 0 Å². The summed E-state index contributed by atoms with van der Waals surface area (Å²) in [5.74, 6) is 0.840. The van der Waals surface area contributed by atoms with Crippen LogP contribution in [0.3, 0.4) is 0 Å². The predicted octanol–water partition coefficient (Wildman–Crippen LogP) is 5.12. The van der Waals surface area contributed by atoms with Crippen molar-refractivity contribution in [1.82, 2.24) is 0 Å². The van der Waals surface area contributed by atoms with E-state index in [1.165, 1.54) is 10.5 Å². The number of hydrogen-bond acceptors (Lipinski definition) is 2. The fourth-order valence-electron chi connectivity index (χ4n) is 2.23. The van der Waals surface area contributed by atoms with E-state index in [0.717, 1.165) is 24.8 Å². The van der Waals surface area contributed by atoms with Crippen LogP contribution in [0.15, 0.2) is 23.1 Å². The molecule has 0 spiro atoms. The molecule has 1 nitrogen and oxygen atoms in total. The number of ketones is 1. The predicted molar refractivity (Wildman–Crippen MR) is 80.6 cm³/mol. The Labute approximate surface area is 115 Å². The van der Waals surface area contributed by atoms with Gasteiger partial charge in [-0.3, -0.25) is 4.79 Å². The lowest BCUT2D eigenvalue weighted by molar-refractivity contribution is 0.0957. The van der Waals surface area contributed by atoms with Crippen LogP contribution in [0, 0.1) is 12.8 Å². The molecule has 1 aromatic carbocycles. The van der Waals surface area contributed by atoms with E-state index in [0.29, 0.717) is 18.1 Å². The van der Waals surface area contributed by atoms with Crippen molar-refractivity contribution in [2.45, 2.75) is 51.3 Å². The summed E-state index contributed by atoms with van der Waals surface area (Å²) in [6, 6.07) is 6.07. The van der Waals surface area contributed by atoms with Crippen molar-refractivity contribution in [1.29, 1.82) is 0 Å². The molecule has 0 aliphatic carbocycles. The number of carbonyl (C=O) groups is 1. The van der Waals surface area contributed by atoms with Gasteiger partial charge >= 0.3 is 0 Å². The standard InChI is InChI=1S/C16H24OS/c1-5-7-13(6-2)10-15(17)14-9-8-12(3)16(11-14)18-4/h8-9,11,13H,5-7,10H2,1-4H3. The summed E-state index contributed by atoms with van der Waals surface area (Å²) >= 11 is 1.71. The molecule has 1 rings (SSSR count). The first-order valence-corrected chi connectivity index (χ1v) is 8.02. The molecule has 0 bridgehead atoms. The molecule has 100 valence electrons. The lowest BCUT2D eigenvalue weighted by atomic mass is 9.92. The van der Waals surface area contributed by atoms with Crippen molar-refractivity contribution >= 4 is 17.5 Å². The molecule has 0 aromatic heterocycles. The number of Topliss-reactive ketones (excluding diaryl/α,β-unsaturated/α-hetero) is 1. The summed E-state index contributed by atoms with van der Waals surface area (Å²) in [6.45, 7) is 6.45. The average Bonchev–Trinajstić information content (AvgIpc) is 2.38. The Bertz CT molecular complexity index is 398. The second kappa shape index (κ2) is 7.63. The lowest BCUT2D eigenvalue weighted by Crippen LogP contribution is -2.08. The Morgan fingerprint density at radius 2 is 2.06 bits per heavy atom.